The largest absolute Gasteiger partial charge is 0.481 e. The van der Waals surface area contributed by atoms with E-state index in [4.69, 9.17) is 9.84 Å². The molecule has 3 rings (SSSR count). The van der Waals surface area contributed by atoms with E-state index in [1.165, 1.54) is 0 Å². The lowest BCUT2D eigenvalue weighted by Gasteiger charge is -2.32. The third-order valence-electron chi connectivity index (χ3n) is 4.33. The molecule has 1 amide bonds. The summed E-state index contributed by atoms with van der Waals surface area (Å²) in [7, 11) is 0. The molecule has 0 saturated heterocycles. The molecule has 124 valence electrons. The Morgan fingerprint density at radius 2 is 1.67 bits per heavy atom. The van der Waals surface area contributed by atoms with Gasteiger partial charge in [-0.25, -0.2) is 0 Å². The van der Waals surface area contributed by atoms with Crippen molar-refractivity contribution in [2.75, 3.05) is 0 Å². The van der Waals surface area contributed by atoms with Crippen molar-refractivity contribution in [3.63, 3.8) is 0 Å². The summed E-state index contributed by atoms with van der Waals surface area (Å²) < 4.78 is 5.86. The van der Waals surface area contributed by atoms with E-state index in [1.807, 2.05) is 54.6 Å². The molecular weight excluding hydrogens is 306 g/mol. The zero-order valence-corrected chi connectivity index (χ0v) is 13.1. The maximum Gasteiger partial charge on any atom is 0.307 e. The average molecular weight is 325 g/mol. The van der Waals surface area contributed by atoms with E-state index in [0.29, 0.717) is 25.1 Å². The van der Waals surface area contributed by atoms with Gasteiger partial charge in [-0.05, 0) is 31.0 Å². The van der Waals surface area contributed by atoms with Gasteiger partial charge < -0.3 is 15.2 Å². The van der Waals surface area contributed by atoms with Crippen LogP contribution in [0.3, 0.4) is 0 Å². The van der Waals surface area contributed by atoms with Gasteiger partial charge in [0, 0.05) is 12.1 Å². The fourth-order valence-electron chi connectivity index (χ4n) is 2.79. The zero-order chi connectivity index (χ0) is 16.9. The normalized spacial score (nSPS) is 19.2. The molecule has 1 aliphatic carbocycles. The highest BCUT2D eigenvalue weighted by Crippen LogP contribution is 2.34. The quantitative estimate of drug-likeness (QED) is 0.855. The van der Waals surface area contributed by atoms with E-state index in [1.54, 1.807) is 0 Å². The number of aliphatic carboxylic acids is 1. The van der Waals surface area contributed by atoms with Crippen LogP contribution in [0.5, 0.6) is 11.5 Å². The number of hydrogen-bond donors (Lipinski definition) is 2. The standard InChI is InChI=1S/C19H19NO4/c21-18(15-10-11-16(15)19(22)23)20-12-13-6-4-5-9-17(13)24-14-7-2-1-3-8-14/h1-9,15-16H,10-12H2,(H,20,21)(H,22,23). The molecule has 0 bridgehead atoms. The predicted octanol–water partition coefficient (Wildman–Crippen LogP) is 3.21. The Balaban J connectivity index is 1.63. The Hall–Kier alpha value is -2.82. The number of hydrogen-bond acceptors (Lipinski definition) is 3. The number of rotatable bonds is 6. The molecular formula is C19H19NO4. The SMILES string of the molecule is O=C(O)C1CCC1C(=O)NCc1ccccc1Oc1ccccc1. The van der Waals surface area contributed by atoms with E-state index in [0.717, 1.165) is 11.3 Å². The van der Waals surface area contributed by atoms with Gasteiger partial charge in [0.2, 0.25) is 5.91 Å². The van der Waals surface area contributed by atoms with Crippen LogP contribution in [0, 0.1) is 11.8 Å². The van der Waals surface area contributed by atoms with Crippen LogP contribution >= 0.6 is 0 Å². The van der Waals surface area contributed by atoms with Crippen molar-refractivity contribution in [2.24, 2.45) is 11.8 Å². The van der Waals surface area contributed by atoms with Crippen LogP contribution in [0.4, 0.5) is 0 Å². The number of benzene rings is 2. The Kier molecular flexibility index (Phi) is 4.79. The van der Waals surface area contributed by atoms with Crippen molar-refractivity contribution in [3.05, 3.63) is 60.2 Å². The Morgan fingerprint density at radius 3 is 2.33 bits per heavy atom. The van der Waals surface area contributed by atoms with E-state index < -0.39 is 17.8 Å². The fourth-order valence-corrected chi connectivity index (χ4v) is 2.79. The van der Waals surface area contributed by atoms with Crippen molar-refractivity contribution in [3.8, 4) is 11.5 Å². The first-order chi connectivity index (χ1) is 11.6. The summed E-state index contributed by atoms with van der Waals surface area (Å²) in [6.07, 6.45) is 1.20. The highest BCUT2D eigenvalue weighted by Gasteiger charge is 2.41. The van der Waals surface area contributed by atoms with Crippen LogP contribution in [0.1, 0.15) is 18.4 Å². The smallest absolute Gasteiger partial charge is 0.307 e. The molecule has 0 heterocycles. The van der Waals surface area contributed by atoms with Gasteiger partial charge in [-0.3, -0.25) is 9.59 Å². The third-order valence-corrected chi connectivity index (χ3v) is 4.33. The molecule has 1 saturated carbocycles. The number of carboxylic acids is 1. The number of carbonyl (C=O) groups is 2. The minimum atomic E-state index is -0.894. The average Bonchev–Trinajstić information content (AvgIpc) is 2.53. The van der Waals surface area contributed by atoms with E-state index >= 15 is 0 Å². The van der Waals surface area contributed by atoms with E-state index in [-0.39, 0.29) is 5.91 Å². The molecule has 1 aliphatic rings. The Morgan fingerprint density at radius 1 is 1.00 bits per heavy atom. The summed E-state index contributed by atoms with van der Waals surface area (Å²) in [6, 6.07) is 16.9. The molecule has 24 heavy (non-hydrogen) atoms. The number of carbonyl (C=O) groups excluding carboxylic acids is 1. The predicted molar refractivity (Wildman–Crippen MR) is 88.7 cm³/mol. The van der Waals surface area contributed by atoms with Gasteiger partial charge in [0.05, 0.1) is 11.8 Å². The summed E-state index contributed by atoms with van der Waals surface area (Å²) in [5.41, 5.74) is 0.848. The monoisotopic (exact) mass is 325 g/mol. The summed E-state index contributed by atoms with van der Waals surface area (Å²) in [5, 5.41) is 11.9. The number of amides is 1. The number of para-hydroxylation sites is 2. The van der Waals surface area contributed by atoms with Gasteiger partial charge in [-0.1, -0.05) is 36.4 Å². The minimum Gasteiger partial charge on any atom is -0.481 e. The topological polar surface area (TPSA) is 75.6 Å². The summed E-state index contributed by atoms with van der Waals surface area (Å²) in [5.74, 6) is -0.684. The molecule has 5 nitrogen and oxygen atoms in total. The van der Waals surface area contributed by atoms with Crippen molar-refractivity contribution < 1.29 is 19.4 Å². The Bertz CT molecular complexity index is 729. The van der Waals surface area contributed by atoms with Crippen molar-refractivity contribution in [2.45, 2.75) is 19.4 Å². The van der Waals surface area contributed by atoms with Crippen LogP contribution < -0.4 is 10.1 Å². The first-order valence-electron chi connectivity index (χ1n) is 7.96. The van der Waals surface area contributed by atoms with Crippen molar-refractivity contribution in [1.29, 1.82) is 0 Å². The fraction of sp³-hybridized carbons (Fsp3) is 0.263. The van der Waals surface area contributed by atoms with Crippen LogP contribution in [0.2, 0.25) is 0 Å². The lowest BCUT2D eigenvalue weighted by Crippen LogP contribution is -2.43. The van der Waals surface area contributed by atoms with Crippen molar-refractivity contribution in [1.82, 2.24) is 5.32 Å². The second-order valence-electron chi connectivity index (χ2n) is 5.87. The van der Waals surface area contributed by atoms with Crippen molar-refractivity contribution >= 4 is 11.9 Å². The third kappa shape index (κ3) is 3.56. The van der Waals surface area contributed by atoms with Crippen LogP contribution in [-0.4, -0.2) is 17.0 Å². The number of carboxylic acid groups (broad SMARTS) is 1. The second-order valence-corrected chi connectivity index (χ2v) is 5.87. The van der Waals surface area contributed by atoms with E-state index in [2.05, 4.69) is 5.32 Å². The molecule has 2 aromatic carbocycles. The van der Waals surface area contributed by atoms with Gasteiger partial charge in [-0.2, -0.15) is 0 Å². The molecule has 0 aliphatic heterocycles. The lowest BCUT2D eigenvalue weighted by molar-refractivity contribution is -0.152. The maximum absolute atomic E-state index is 12.2. The molecule has 5 heteroatoms. The Labute approximate surface area is 140 Å². The van der Waals surface area contributed by atoms with Gasteiger partial charge in [0.25, 0.3) is 0 Å². The molecule has 0 spiro atoms. The van der Waals surface area contributed by atoms with Gasteiger partial charge in [0.1, 0.15) is 11.5 Å². The molecule has 2 atom stereocenters. The maximum atomic E-state index is 12.2. The molecule has 1 fully saturated rings. The zero-order valence-electron chi connectivity index (χ0n) is 13.1. The molecule has 2 aromatic rings. The van der Waals surface area contributed by atoms with E-state index in [9.17, 15) is 9.59 Å². The minimum absolute atomic E-state index is 0.205. The molecule has 0 radical (unpaired) electrons. The number of nitrogens with one attached hydrogen (secondary N) is 1. The lowest BCUT2D eigenvalue weighted by atomic mass is 9.73. The summed E-state index contributed by atoms with van der Waals surface area (Å²) in [6.45, 7) is 0.310. The first kappa shape index (κ1) is 16.1. The number of ether oxygens (including phenoxy) is 1. The summed E-state index contributed by atoms with van der Waals surface area (Å²) in [4.78, 5) is 23.2. The van der Waals surface area contributed by atoms with Gasteiger partial charge in [0.15, 0.2) is 0 Å². The molecule has 0 aromatic heterocycles. The van der Waals surface area contributed by atoms with Crippen LogP contribution in [0.15, 0.2) is 54.6 Å². The van der Waals surface area contributed by atoms with Gasteiger partial charge in [-0.15, -0.1) is 0 Å². The highest BCUT2D eigenvalue weighted by atomic mass is 16.5. The van der Waals surface area contributed by atoms with Gasteiger partial charge >= 0.3 is 5.97 Å². The van der Waals surface area contributed by atoms with Crippen LogP contribution in [0.25, 0.3) is 0 Å². The summed E-state index contributed by atoms with van der Waals surface area (Å²) >= 11 is 0. The molecule has 2 unspecified atom stereocenters. The first-order valence-corrected chi connectivity index (χ1v) is 7.96. The van der Waals surface area contributed by atoms with Crippen LogP contribution in [-0.2, 0) is 16.1 Å². The highest BCUT2D eigenvalue weighted by molar-refractivity contribution is 5.86. The molecule has 2 N–H and O–H groups in total. The second kappa shape index (κ2) is 7.17.